The van der Waals surface area contributed by atoms with Gasteiger partial charge in [-0.2, -0.15) is 5.43 Å². The number of nitrogens with zero attached hydrogens (tertiary/aromatic N) is 1. The monoisotopic (exact) mass is 235 g/mol. The van der Waals surface area contributed by atoms with Gasteiger partial charge in [-0.3, -0.25) is 11.2 Å². The molecule has 17 heavy (non-hydrogen) atoms. The Kier molecular flexibility index (Phi) is 5.45. The van der Waals surface area contributed by atoms with Crippen molar-refractivity contribution in [2.24, 2.45) is 10.7 Å². The van der Waals surface area contributed by atoms with E-state index in [2.05, 4.69) is 40.2 Å². The van der Waals surface area contributed by atoms with E-state index in [9.17, 15) is 0 Å². The molecule has 0 bridgehead atoms. The predicted octanol–water partition coefficient (Wildman–Crippen LogP) is 1.39. The normalized spacial score (nSPS) is 17.6. The molecule has 5 heteroatoms. The lowest BCUT2D eigenvalue weighted by Gasteiger charge is -2.07. The number of anilines is 1. The highest BCUT2D eigenvalue weighted by molar-refractivity contribution is 5.94. The van der Waals surface area contributed by atoms with Crippen LogP contribution in [0.3, 0.4) is 0 Å². The molecule has 0 saturated heterocycles. The Balaban J connectivity index is 0.000000686. The number of hydrogen-bond acceptors (Lipinski definition) is 5. The summed E-state index contributed by atoms with van der Waals surface area (Å²) >= 11 is 0. The highest BCUT2D eigenvalue weighted by Gasteiger charge is 2.10. The van der Waals surface area contributed by atoms with E-state index in [0.717, 1.165) is 12.1 Å². The van der Waals surface area contributed by atoms with Gasteiger partial charge in [0, 0.05) is 5.69 Å². The zero-order chi connectivity index (χ0) is 12.7. The highest BCUT2D eigenvalue weighted by Crippen LogP contribution is 2.11. The molecule has 0 amide bonds. The third kappa shape index (κ3) is 4.05. The standard InChI is InChI=1S/C10H15N5.C2H6/c1-2-7-4-3-5-8(6-7)12-10-13-9(11)14-15-10;1-2/h3-6,9,14H,2,11H2,1H3,(H2,12,13,15);1-2H3. The molecule has 1 unspecified atom stereocenters. The van der Waals surface area contributed by atoms with Crippen molar-refractivity contribution in [3.05, 3.63) is 29.8 Å². The van der Waals surface area contributed by atoms with Crippen LogP contribution >= 0.6 is 0 Å². The first kappa shape index (κ1) is 13.5. The topological polar surface area (TPSA) is 74.5 Å². The lowest BCUT2D eigenvalue weighted by molar-refractivity contribution is 0.567. The number of guanidine groups is 1. The van der Waals surface area contributed by atoms with Gasteiger partial charge < -0.3 is 5.32 Å². The minimum Gasteiger partial charge on any atom is -0.325 e. The third-order valence-electron chi connectivity index (χ3n) is 2.20. The van der Waals surface area contributed by atoms with Crippen LogP contribution in [0.5, 0.6) is 0 Å². The summed E-state index contributed by atoms with van der Waals surface area (Å²) in [5.74, 6) is 0.649. The first-order chi connectivity index (χ1) is 8.28. The largest absolute Gasteiger partial charge is 0.325 e. The Morgan fingerprint density at radius 1 is 1.41 bits per heavy atom. The van der Waals surface area contributed by atoms with Crippen LogP contribution in [-0.4, -0.2) is 12.2 Å². The van der Waals surface area contributed by atoms with Gasteiger partial charge in [0.2, 0.25) is 5.96 Å². The van der Waals surface area contributed by atoms with Gasteiger partial charge in [0.05, 0.1) is 0 Å². The Hall–Kier alpha value is -1.59. The molecule has 1 heterocycles. The number of hydrogen-bond donors (Lipinski definition) is 4. The van der Waals surface area contributed by atoms with E-state index in [-0.39, 0.29) is 6.29 Å². The van der Waals surface area contributed by atoms with Crippen LogP contribution in [0.15, 0.2) is 29.3 Å². The summed E-state index contributed by atoms with van der Waals surface area (Å²) in [5, 5.41) is 3.14. The molecule has 1 aromatic carbocycles. The van der Waals surface area contributed by atoms with Gasteiger partial charge in [-0.1, -0.05) is 32.9 Å². The van der Waals surface area contributed by atoms with Crippen molar-refractivity contribution in [2.75, 3.05) is 5.32 Å². The predicted molar refractivity (Wildman–Crippen MR) is 72.5 cm³/mol. The summed E-state index contributed by atoms with van der Waals surface area (Å²) in [4.78, 5) is 4.10. The first-order valence-corrected chi connectivity index (χ1v) is 5.99. The van der Waals surface area contributed by atoms with Crippen LogP contribution in [0.1, 0.15) is 26.3 Å². The second-order valence-corrected chi connectivity index (χ2v) is 3.37. The summed E-state index contributed by atoms with van der Waals surface area (Å²) in [6.45, 7) is 6.13. The van der Waals surface area contributed by atoms with E-state index in [0.29, 0.717) is 5.96 Å². The van der Waals surface area contributed by atoms with Crippen molar-refractivity contribution in [2.45, 2.75) is 33.5 Å². The molecule has 0 spiro atoms. The molecule has 1 atom stereocenters. The minimum absolute atomic E-state index is 0.373. The smallest absolute Gasteiger partial charge is 0.213 e. The van der Waals surface area contributed by atoms with E-state index in [1.54, 1.807) is 0 Å². The van der Waals surface area contributed by atoms with Crippen molar-refractivity contribution in [1.29, 1.82) is 0 Å². The molecule has 94 valence electrons. The zero-order valence-electron chi connectivity index (χ0n) is 10.6. The molecular formula is C12H21N5. The average molecular weight is 235 g/mol. The van der Waals surface area contributed by atoms with Crippen molar-refractivity contribution >= 4 is 11.6 Å². The Labute approximate surface area is 102 Å². The molecule has 5 nitrogen and oxygen atoms in total. The summed E-state index contributed by atoms with van der Waals surface area (Å²) in [5.41, 5.74) is 13.5. The van der Waals surface area contributed by atoms with Gasteiger partial charge in [0.15, 0.2) is 6.29 Å². The molecule has 1 aliphatic heterocycles. The first-order valence-electron chi connectivity index (χ1n) is 5.99. The van der Waals surface area contributed by atoms with Gasteiger partial charge in [0.1, 0.15) is 0 Å². The van der Waals surface area contributed by atoms with E-state index in [1.807, 2.05) is 26.0 Å². The number of rotatable bonds is 2. The third-order valence-corrected chi connectivity index (χ3v) is 2.20. The summed E-state index contributed by atoms with van der Waals surface area (Å²) in [6, 6.07) is 8.20. The molecule has 2 rings (SSSR count). The Morgan fingerprint density at radius 2 is 2.18 bits per heavy atom. The quantitative estimate of drug-likeness (QED) is 0.625. The van der Waals surface area contributed by atoms with Crippen LogP contribution in [0.2, 0.25) is 0 Å². The molecular weight excluding hydrogens is 214 g/mol. The number of aryl methyl sites for hydroxylation is 1. The van der Waals surface area contributed by atoms with E-state index >= 15 is 0 Å². The van der Waals surface area contributed by atoms with Gasteiger partial charge in [-0.25, -0.2) is 4.99 Å². The van der Waals surface area contributed by atoms with Crippen LogP contribution < -0.4 is 21.9 Å². The fraction of sp³-hybridized carbons (Fsp3) is 0.417. The molecule has 1 aromatic rings. The molecule has 0 fully saturated rings. The highest BCUT2D eigenvalue weighted by atomic mass is 15.6. The van der Waals surface area contributed by atoms with Crippen molar-refractivity contribution < 1.29 is 0 Å². The number of nitrogens with two attached hydrogens (primary N) is 1. The Morgan fingerprint density at radius 3 is 2.76 bits per heavy atom. The van der Waals surface area contributed by atoms with Crippen molar-refractivity contribution in [1.82, 2.24) is 10.9 Å². The van der Waals surface area contributed by atoms with E-state index in [4.69, 9.17) is 5.73 Å². The SMILES string of the molecule is CC.CCc1cccc(NC2=NC(N)NN2)c1. The summed E-state index contributed by atoms with van der Waals surface area (Å²) in [7, 11) is 0. The van der Waals surface area contributed by atoms with Crippen LogP contribution in [0.4, 0.5) is 5.69 Å². The maximum absolute atomic E-state index is 5.53. The van der Waals surface area contributed by atoms with Gasteiger partial charge in [0.25, 0.3) is 0 Å². The minimum atomic E-state index is -0.373. The summed E-state index contributed by atoms with van der Waals surface area (Å²) in [6.07, 6.45) is 0.648. The molecule has 1 aliphatic rings. The lowest BCUT2D eigenvalue weighted by atomic mass is 10.1. The second-order valence-electron chi connectivity index (χ2n) is 3.37. The maximum Gasteiger partial charge on any atom is 0.213 e. The number of benzene rings is 1. The second kappa shape index (κ2) is 6.88. The Bertz CT molecular complexity index is 375. The van der Waals surface area contributed by atoms with Gasteiger partial charge in [-0.15, -0.1) is 0 Å². The molecule has 0 radical (unpaired) electrons. The average Bonchev–Trinajstić information content (AvgIpc) is 2.77. The number of aliphatic imine (C=N–C) groups is 1. The van der Waals surface area contributed by atoms with Crippen molar-refractivity contribution in [3.8, 4) is 0 Å². The zero-order valence-corrected chi connectivity index (χ0v) is 10.6. The van der Waals surface area contributed by atoms with E-state index < -0.39 is 0 Å². The fourth-order valence-electron chi connectivity index (χ4n) is 1.42. The lowest BCUT2D eigenvalue weighted by Crippen LogP contribution is -2.41. The molecule has 0 aliphatic carbocycles. The van der Waals surface area contributed by atoms with Crippen molar-refractivity contribution in [3.63, 3.8) is 0 Å². The van der Waals surface area contributed by atoms with Crippen LogP contribution in [0.25, 0.3) is 0 Å². The van der Waals surface area contributed by atoms with E-state index in [1.165, 1.54) is 5.56 Å². The fourth-order valence-corrected chi connectivity index (χ4v) is 1.42. The number of nitrogens with one attached hydrogen (secondary N) is 3. The summed E-state index contributed by atoms with van der Waals surface area (Å²) < 4.78 is 0. The molecule has 0 aromatic heterocycles. The van der Waals surface area contributed by atoms with Crippen LogP contribution in [-0.2, 0) is 6.42 Å². The van der Waals surface area contributed by atoms with Gasteiger partial charge >= 0.3 is 0 Å². The molecule has 5 N–H and O–H groups in total. The van der Waals surface area contributed by atoms with Gasteiger partial charge in [-0.05, 0) is 24.1 Å². The maximum atomic E-state index is 5.53. The van der Waals surface area contributed by atoms with Crippen LogP contribution in [0, 0.1) is 0 Å². The molecule has 0 saturated carbocycles. The number of hydrazine groups is 1.